The van der Waals surface area contributed by atoms with E-state index < -0.39 is 0 Å². The molecule has 2 rings (SSSR count). The summed E-state index contributed by atoms with van der Waals surface area (Å²) in [6, 6.07) is 0.291. The Morgan fingerprint density at radius 3 is 2.83 bits per heavy atom. The number of carbonyl (C=O) groups is 2. The van der Waals surface area contributed by atoms with Crippen LogP contribution < -0.4 is 10.6 Å². The molecule has 2 aliphatic rings. The second-order valence-corrected chi connectivity index (χ2v) is 7.36. The molecule has 2 saturated heterocycles. The van der Waals surface area contributed by atoms with Crippen molar-refractivity contribution < 1.29 is 9.59 Å². The van der Waals surface area contributed by atoms with Crippen LogP contribution in [0.1, 0.15) is 39.5 Å². The van der Waals surface area contributed by atoms with Gasteiger partial charge in [-0.15, -0.1) is 0 Å². The highest BCUT2D eigenvalue weighted by atomic mass is 16.2. The largest absolute Gasteiger partial charge is 0.355 e. The molecule has 0 radical (unpaired) electrons. The fourth-order valence-electron chi connectivity index (χ4n) is 3.27. The lowest BCUT2D eigenvalue weighted by atomic mass is 9.79. The third kappa shape index (κ3) is 4.61. The lowest BCUT2D eigenvalue weighted by Crippen LogP contribution is -2.53. The van der Waals surface area contributed by atoms with Crippen molar-refractivity contribution in [3.8, 4) is 0 Å². The molecule has 2 unspecified atom stereocenters. The van der Waals surface area contributed by atoms with Crippen LogP contribution in [0.15, 0.2) is 4.99 Å². The molecule has 2 amide bonds. The van der Waals surface area contributed by atoms with Gasteiger partial charge >= 0.3 is 0 Å². The number of nitrogens with one attached hydrogen (secondary N) is 2. The SMILES string of the molecule is CCC(C)NC(=NCC(=O)N(C)C)N1CCCC2(CNC(=O)C2)C1. The Labute approximate surface area is 144 Å². The van der Waals surface area contributed by atoms with Gasteiger partial charge in [0.2, 0.25) is 11.8 Å². The average Bonchev–Trinajstić information content (AvgIpc) is 2.90. The van der Waals surface area contributed by atoms with E-state index in [0.717, 1.165) is 44.9 Å². The van der Waals surface area contributed by atoms with E-state index in [-0.39, 0.29) is 23.8 Å². The van der Waals surface area contributed by atoms with Crippen LogP contribution in [0, 0.1) is 5.41 Å². The van der Waals surface area contributed by atoms with Crippen molar-refractivity contribution in [3.05, 3.63) is 0 Å². The van der Waals surface area contributed by atoms with Crippen LogP contribution >= 0.6 is 0 Å². The van der Waals surface area contributed by atoms with E-state index in [1.807, 2.05) is 0 Å². The molecule has 0 aromatic heterocycles. The number of carbonyl (C=O) groups excluding carboxylic acids is 2. The summed E-state index contributed by atoms with van der Waals surface area (Å²) in [4.78, 5) is 31.9. The van der Waals surface area contributed by atoms with E-state index in [4.69, 9.17) is 0 Å². The van der Waals surface area contributed by atoms with Gasteiger partial charge in [-0.05, 0) is 26.2 Å². The van der Waals surface area contributed by atoms with E-state index in [9.17, 15) is 9.59 Å². The summed E-state index contributed by atoms with van der Waals surface area (Å²) in [5.74, 6) is 0.925. The lowest BCUT2D eigenvalue weighted by molar-refractivity contribution is -0.127. The number of nitrogens with zero attached hydrogens (tertiary/aromatic N) is 3. The standard InChI is InChI=1S/C17H31N5O2/c1-5-13(2)20-16(18-10-15(24)21(3)4)22-8-6-7-17(12-22)9-14(23)19-11-17/h13H,5-12H2,1-4H3,(H,18,20)(H,19,23). The molecule has 0 aliphatic carbocycles. The number of likely N-dealkylation sites (tertiary alicyclic amines) is 1. The Hall–Kier alpha value is -1.79. The fourth-order valence-corrected chi connectivity index (χ4v) is 3.27. The summed E-state index contributed by atoms with van der Waals surface area (Å²) in [6.07, 6.45) is 3.68. The van der Waals surface area contributed by atoms with Crippen LogP contribution in [-0.2, 0) is 9.59 Å². The molecule has 2 N–H and O–H groups in total. The van der Waals surface area contributed by atoms with E-state index >= 15 is 0 Å². The molecule has 0 saturated carbocycles. The third-order valence-electron chi connectivity index (χ3n) is 5.01. The minimum absolute atomic E-state index is 0.0112. The topological polar surface area (TPSA) is 77.0 Å². The number of aliphatic imine (C=N–C) groups is 1. The highest BCUT2D eigenvalue weighted by Gasteiger charge is 2.42. The van der Waals surface area contributed by atoms with Gasteiger partial charge in [-0.25, -0.2) is 4.99 Å². The zero-order chi connectivity index (χ0) is 17.7. The molecule has 2 aliphatic heterocycles. The summed E-state index contributed by atoms with van der Waals surface area (Å²) >= 11 is 0. The number of hydrogen-bond acceptors (Lipinski definition) is 3. The van der Waals surface area contributed by atoms with Crippen molar-refractivity contribution in [3.63, 3.8) is 0 Å². The maximum Gasteiger partial charge on any atom is 0.243 e. The highest BCUT2D eigenvalue weighted by Crippen LogP contribution is 2.36. The minimum Gasteiger partial charge on any atom is -0.355 e. The number of rotatable bonds is 4. The Morgan fingerprint density at radius 1 is 1.50 bits per heavy atom. The first-order chi connectivity index (χ1) is 11.3. The summed E-state index contributed by atoms with van der Waals surface area (Å²) in [7, 11) is 3.48. The van der Waals surface area contributed by atoms with Gasteiger partial charge in [0.05, 0.1) is 0 Å². The van der Waals surface area contributed by atoms with E-state index in [1.54, 1.807) is 19.0 Å². The van der Waals surface area contributed by atoms with E-state index in [1.165, 1.54) is 0 Å². The average molecular weight is 337 g/mol. The Bertz CT molecular complexity index is 505. The van der Waals surface area contributed by atoms with Gasteiger partial charge in [-0.2, -0.15) is 0 Å². The molecule has 0 aromatic carbocycles. The summed E-state index contributed by atoms with van der Waals surface area (Å²) in [5, 5.41) is 6.42. The van der Waals surface area contributed by atoms with Gasteiger partial charge in [0.1, 0.15) is 6.54 Å². The zero-order valence-corrected chi connectivity index (χ0v) is 15.4. The summed E-state index contributed by atoms with van der Waals surface area (Å²) in [5.41, 5.74) is 0.0127. The lowest BCUT2D eigenvalue weighted by Gasteiger charge is -2.41. The summed E-state index contributed by atoms with van der Waals surface area (Å²) < 4.78 is 0. The van der Waals surface area contributed by atoms with E-state index in [2.05, 4.69) is 34.4 Å². The Kier molecular flexibility index (Phi) is 6.07. The molecule has 7 heteroatoms. The number of hydrogen-bond donors (Lipinski definition) is 2. The van der Waals surface area contributed by atoms with Crippen LogP contribution in [0.5, 0.6) is 0 Å². The normalized spacial score (nSPS) is 25.6. The second kappa shape index (κ2) is 7.85. The van der Waals surface area contributed by atoms with Crippen molar-refractivity contribution in [2.24, 2.45) is 10.4 Å². The molecule has 1 spiro atoms. The van der Waals surface area contributed by atoms with Crippen molar-refractivity contribution in [2.45, 2.75) is 45.6 Å². The molecule has 2 fully saturated rings. The molecular weight excluding hydrogens is 306 g/mol. The monoisotopic (exact) mass is 337 g/mol. The van der Waals surface area contributed by atoms with Gasteiger partial charge in [0.25, 0.3) is 0 Å². The molecule has 24 heavy (non-hydrogen) atoms. The van der Waals surface area contributed by atoms with Gasteiger partial charge in [0, 0.05) is 51.6 Å². The smallest absolute Gasteiger partial charge is 0.243 e. The predicted molar refractivity (Wildman–Crippen MR) is 94.8 cm³/mol. The van der Waals surface area contributed by atoms with Crippen molar-refractivity contribution in [2.75, 3.05) is 40.3 Å². The molecular formula is C17H31N5O2. The Morgan fingerprint density at radius 2 is 2.25 bits per heavy atom. The molecule has 2 atom stereocenters. The molecule has 136 valence electrons. The molecule has 0 bridgehead atoms. The van der Waals surface area contributed by atoms with Crippen LogP contribution in [0.3, 0.4) is 0 Å². The zero-order valence-electron chi connectivity index (χ0n) is 15.4. The van der Waals surface area contributed by atoms with Crippen LogP contribution in [-0.4, -0.2) is 73.9 Å². The molecule has 0 aromatic rings. The fraction of sp³-hybridized carbons (Fsp3) is 0.824. The first kappa shape index (κ1) is 18.5. The Balaban J connectivity index is 2.11. The second-order valence-electron chi connectivity index (χ2n) is 7.36. The van der Waals surface area contributed by atoms with Crippen molar-refractivity contribution in [1.29, 1.82) is 0 Å². The number of piperidine rings is 1. The maximum atomic E-state index is 11.9. The quantitative estimate of drug-likeness (QED) is 0.576. The van der Waals surface area contributed by atoms with Crippen LogP contribution in [0.4, 0.5) is 0 Å². The third-order valence-corrected chi connectivity index (χ3v) is 5.01. The van der Waals surface area contributed by atoms with E-state index in [0.29, 0.717) is 12.5 Å². The van der Waals surface area contributed by atoms with Gasteiger partial charge in [-0.3, -0.25) is 9.59 Å². The van der Waals surface area contributed by atoms with Crippen molar-refractivity contribution in [1.82, 2.24) is 20.4 Å². The predicted octanol–water partition coefficient (Wildman–Crippen LogP) is 0.421. The number of guanidine groups is 1. The number of amides is 2. The van der Waals surface area contributed by atoms with Gasteiger partial charge in [0.15, 0.2) is 5.96 Å². The number of likely N-dealkylation sites (N-methyl/N-ethyl adjacent to an activating group) is 1. The van der Waals surface area contributed by atoms with Crippen molar-refractivity contribution >= 4 is 17.8 Å². The first-order valence-electron chi connectivity index (χ1n) is 8.88. The van der Waals surface area contributed by atoms with Crippen LogP contribution in [0.25, 0.3) is 0 Å². The minimum atomic E-state index is -0.0112. The van der Waals surface area contributed by atoms with Gasteiger partial charge in [-0.1, -0.05) is 6.92 Å². The first-order valence-corrected chi connectivity index (χ1v) is 8.88. The van der Waals surface area contributed by atoms with Gasteiger partial charge < -0.3 is 20.4 Å². The van der Waals surface area contributed by atoms with Crippen LogP contribution in [0.2, 0.25) is 0 Å². The molecule has 7 nitrogen and oxygen atoms in total. The summed E-state index contributed by atoms with van der Waals surface area (Å²) in [6.45, 7) is 6.85. The highest BCUT2D eigenvalue weighted by molar-refractivity contribution is 5.85. The maximum absolute atomic E-state index is 11.9. The molecule has 2 heterocycles.